The highest BCUT2D eigenvalue weighted by Gasteiger charge is 2.07. The smallest absolute Gasteiger partial charge is 0.137 e. The summed E-state index contributed by atoms with van der Waals surface area (Å²) in [5, 5.41) is 0. The molecule has 19 heavy (non-hydrogen) atoms. The molecule has 2 nitrogen and oxygen atoms in total. The molecule has 2 rings (SSSR count). The normalized spacial score (nSPS) is 12.2. The third kappa shape index (κ3) is 3.49. The van der Waals surface area contributed by atoms with Crippen molar-refractivity contribution in [2.45, 2.75) is 22.8 Å². The maximum atomic E-state index is 13.9. The predicted octanol–water partition coefficient (Wildman–Crippen LogP) is 4.01. The minimum atomic E-state index is -0.240. The summed E-state index contributed by atoms with van der Waals surface area (Å²) in [5.41, 5.74) is 6.53. The van der Waals surface area contributed by atoms with Gasteiger partial charge in [-0.05, 0) is 48.9 Å². The van der Waals surface area contributed by atoms with E-state index in [9.17, 15) is 4.39 Å². The first-order valence-electron chi connectivity index (χ1n) is 5.97. The van der Waals surface area contributed by atoms with Crippen LogP contribution in [0.3, 0.4) is 0 Å². The molecule has 4 heteroatoms. The SMILES string of the molecule is COc1ccc(Sc2ccc(C(C)N)cc2F)cc1. The van der Waals surface area contributed by atoms with Crippen LogP contribution in [0.2, 0.25) is 0 Å². The summed E-state index contributed by atoms with van der Waals surface area (Å²) in [7, 11) is 1.62. The number of halogens is 1. The van der Waals surface area contributed by atoms with Crippen molar-refractivity contribution < 1.29 is 9.13 Å². The van der Waals surface area contributed by atoms with E-state index in [1.807, 2.05) is 37.3 Å². The van der Waals surface area contributed by atoms with Crippen molar-refractivity contribution in [3.8, 4) is 5.75 Å². The van der Waals surface area contributed by atoms with Crippen LogP contribution in [0.5, 0.6) is 5.75 Å². The molecule has 0 spiro atoms. The van der Waals surface area contributed by atoms with Gasteiger partial charge in [-0.2, -0.15) is 0 Å². The van der Waals surface area contributed by atoms with Gasteiger partial charge in [-0.1, -0.05) is 17.8 Å². The van der Waals surface area contributed by atoms with Gasteiger partial charge in [0.2, 0.25) is 0 Å². The molecule has 2 N–H and O–H groups in total. The van der Waals surface area contributed by atoms with Crippen molar-refractivity contribution in [1.29, 1.82) is 0 Å². The number of methoxy groups -OCH3 is 1. The first-order valence-corrected chi connectivity index (χ1v) is 6.78. The zero-order valence-electron chi connectivity index (χ0n) is 10.9. The zero-order valence-corrected chi connectivity index (χ0v) is 11.7. The number of rotatable bonds is 4. The Balaban J connectivity index is 2.18. The van der Waals surface area contributed by atoms with Crippen LogP contribution in [0.15, 0.2) is 52.3 Å². The molecule has 0 bridgehead atoms. The molecular formula is C15H16FNOS. The van der Waals surface area contributed by atoms with Crippen molar-refractivity contribution in [1.82, 2.24) is 0 Å². The van der Waals surface area contributed by atoms with E-state index in [0.29, 0.717) is 4.90 Å². The number of hydrogen-bond donors (Lipinski definition) is 1. The Morgan fingerprint density at radius 1 is 1.16 bits per heavy atom. The summed E-state index contributed by atoms with van der Waals surface area (Å²) in [6, 6.07) is 12.5. The van der Waals surface area contributed by atoms with Gasteiger partial charge in [-0.3, -0.25) is 0 Å². The molecule has 0 aliphatic rings. The maximum Gasteiger partial charge on any atom is 0.137 e. The Bertz CT molecular complexity index is 555. The van der Waals surface area contributed by atoms with Gasteiger partial charge in [0.25, 0.3) is 0 Å². The Hall–Kier alpha value is -1.52. The highest BCUT2D eigenvalue weighted by Crippen LogP contribution is 2.31. The van der Waals surface area contributed by atoms with Gasteiger partial charge >= 0.3 is 0 Å². The van der Waals surface area contributed by atoms with Crippen LogP contribution in [0.4, 0.5) is 4.39 Å². The number of nitrogens with two attached hydrogens (primary N) is 1. The van der Waals surface area contributed by atoms with Crippen molar-refractivity contribution in [3.63, 3.8) is 0 Å². The quantitative estimate of drug-likeness (QED) is 0.917. The van der Waals surface area contributed by atoms with E-state index in [1.54, 1.807) is 13.2 Å². The molecule has 0 fully saturated rings. The van der Waals surface area contributed by atoms with Crippen molar-refractivity contribution in [3.05, 3.63) is 53.8 Å². The van der Waals surface area contributed by atoms with Crippen LogP contribution in [0.1, 0.15) is 18.5 Å². The van der Waals surface area contributed by atoms with E-state index in [1.165, 1.54) is 17.8 Å². The first-order chi connectivity index (χ1) is 9.10. The standard InChI is InChI=1S/C15H16FNOS/c1-10(17)11-3-8-15(14(16)9-11)19-13-6-4-12(18-2)5-7-13/h3-10H,17H2,1-2H3. The molecule has 0 radical (unpaired) electrons. The van der Waals surface area contributed by atoms with Gasteiger partial charge in [0.1, 0.15) is 11.6 Å². The van der Waals surface area contributed by atoms with Gasteiger partial charge < -0.3 is 10.5 Å². The fourth-order valence-electron chi connectivity index (χ4n) is 1.65. The lowest BCUT2D eigenvalue weighted by atomic mass is 10.1. The van der Waals surface area contributed by atoms with E-state index in [-0.39, 0.29) is 11.9 Å². The first kappa shape index (κ1) is 13.9. The fraction of sp³-hybridized carbons (Fsp3) is 0.200. The molecular weight excluding hydrogens is 261 g/mol. The summed E-state index contributed by atoms with van der Waals surface area (Å²) >= 11 is 1.38. The lowest BCUT2D eigenvalue weighted by Crippen LogP contribution is -2.05. The molecule has 0 aliphatic heterocycles. The summed E-state index contributed by atoms with van der Waals surface area (Å²) < 4.78 is 19.0. The monoisotopic (exact) mass is 277 g/mol. The third-order valence-electron chi connectivity index (χ3n) is 2.77. The molecule has 0 amide bonds. The largest absolute Gasteiger partial charge is 0.497 e. The van der Waals surface area contributed by atoms with E-state index in [4.69, 9.17) is 10.5 Å². The molecule has 0 heterocycles. The topological polar surface area (TPSA) is 35.2 Å². The molecule has 0 aromatic heterocycles. The molecule has 2 aromatic rings. The van der Waals surface area contributed by atoms with Crippen LogP contribution >= 0.6 is 11.8 Å². The van der Waals surface area contributed by atoms with Crippen molar-refractivity contribution in [2.75, 3.05) is 7.11 Å². The van der Waals surface area contributed by atoms with Gasteiger partial charge in [0, 0.05) is 15.8 Å². The molecule has 100 valence electrons. The van der Waals surface area contributed by atoms with Gasteiger partial charge in [-0.25, -0.2) is 4.39 Å². The summed E-state index contributed by atoms with van der Waals surface area (Å²) in [4.78, 5) is 1.56. The number of benzene rings is 2. The minimum absolute atomic E-state index is 0.158. The fourth-order valence-corrected chi connectivity index (χ4v) is 2.47. The Labute approximate surface area is 116 Å². The molecule has 0 aliphatic carbocycles. The van der Waals surface area contributed by atoms with E-state index in [2.05, 4.69) is 0 Å². The molecule has 1 unspecified atom stereocenters. The Morgan fingerprint density at radius 2 is 1.84 bits per heavy atom. The van der Waals surface area contributed by atoms with E-state index >= 15 is 0 Å². The lowest BCUT2D eigenvalue weighted by molar-refractivity contribution is 0.414. The highest BCUT2D eigenvalue weighted by molar-refractivity contribution is 7.99. The molecule has 1 atom stereocenters. The zero-order chi connectivity index (χ0) is 13.8. The van der Waals surface area contributed by atoms with Gasteiger partial charge in [-0.15, -0.1) is 0 Å². The Morgan fingerprint density at radius 3 is 2.37 bits per heavy atom. The van der Waals surface area contributed by atoms with Crippen LogP contribution in [-0.4, -0.2) is 7.11 Å². The second kappa shape index (κ2) is 6.08. The van der Waals surface area contributed by atoms with E-state index in [0.717, 1.165) is 16.2 Å². The van der Waals surface area contributed by atoms with Gasteiger partial charge in [0.15, 0.2) is 0 Å². The van der Waals surface area contributed by atoms with Crippen LogP contribution in [0.25, 0.3) is 0 Å². The summed E-state index contributed by atoms with van der Waals surface area (Å²) in [6.45, 7) is 1.84. The van der Waals surface area contributed by atoms with Crippen LogP contribution in [-0.2, 0) is 0 Å². The average Bonchev–Trinajstić information content (AvgIpc) is 2.41. The summed E-state index contributed by atoms with van der Waals surface area (Å²) in [5.74, 6) is 0.549. The molecule has 0 saturated carbocycles. The van der Waals surface area contributed by atoms with Gasteiger partial charge in [0.05, 0.1) is 7.11 Å². The lowest BCUT2D eigenvalue weighted by Gasteiger charge is -2.09. The molecule has 2 aromatic carbocycles. The number of ether oxygens (including phenoxy) is 1. The minimum Gasteiger partial charge on any atom is -0.497 e. The second-order valence-corrected chi connectivity index (χ2v) is 5.37. The van der Waals surface area contributed by atoms with Crippen molar-refractivity contribution in [2.24, 2.45) is 5.73 Å². The van der Waals surface area contributed by atoms with E-state index < -0.39 is 0 Å². The third-order valence-corrected chi connectivity index (χ3v) is 3.83. The highest BCUT2D eigenvalue weighted by atomic mass is 32.2. The predicted molar refractivity (Wildman–Crippen MR) is 76.1 cm³/mol. The average molecular weight is 277 g/mol. The Kier molecular flexibility index (Phi) is 4.45. The number of hydrogen-bond acceptors (Lipinski definition) is 3. The second-order valence-electron chi connectivity index (χ2n) is 4.26. The maximum absolute atomic E-state index is 13.9. The van der Waals surface area contributed by atoms with Crippen LogP contribution < -0.4 is 10.5 Å². The molecule has 0 saturated heterocycles. The summed E-state index contributed by atoms with van der Waals surface area (Å²) in [6.07, 6.45) is 0. The van der Waals surface area contributed by atoms with Crippen molar-refractivity contribution >= 4 is 11.8 Å². The van der Waals surface area contributed by atoms with Crippen LogP contribution in [0, 0.1) is 5.82 Å².